The Balaban J connectivity index is 2.17. The van der Waals surface area contributed by atoms with Crippen LogP contribution in [0.4, 0.5) is 18.0 Å². The van der Waals surface area contributed by atoms with Crippen LogP contribution >= 0.6 is 11.3 Å². The number of urea groups is 1. The number of rotatable bonds is 5. The Morgan fingerprint density at radius 1 is 1.32 bits per heavy atom. The molecule has 2 aromatic heterocycles. The first-order chi connectivity index (χ1) is 13.0. The zero-order valence-corrected chi connectivity index (χ0v) is 15.5. The topological polar surface area (TPSA) is 119 Å². The van der Waals surface area contributed by atoms with Gasteiger partial charge < -0.3 is 10.1 Å². The van der Waals surface area contributed by atoms with Gasteiger partial charge in [0, 0.05) is 0 Å². The molecule has 0 saturated carbocycles. The molecule has 9 nitrogen and oxygen atoms in total. The summed E-state index contributed by atoms with van der Waals surface area (Å²) < 4.78 is 41.9. The van der Waals surface area contributed by atoms with Gasteiger partial charge >= 0.3 is 18.2 Å². The van der Waals surface area contributed by atoms with Crippen molar-refractivity contribution in [2.45, 2.75) is 26.6 Å². The quantitative estimate of drug-likeness (QED) is 0.705. The maximum atomic E-state index is 12.6. The van der Waals surface area contributed by atoms with E-state index in [1.165, 1.54) is 12.2 Å². The van der Waals surface area contributed by atoms with E-state index in [2.05, 4.69) is 4.98 Å². The standard InChI is InChI=1S/C15H15F3N4O5S/c1-3-27-13(25)10-7(2)9-11(28-10)20-6-22(12(9)24)4-8(23)21-14(26)19-5-15(16,17)18/h6H,3-5H2,1-2H3,(H2,19,21,23,26). The van der Waals surface area contributed by atoms with E-state index in [1.807, 2.05) is 0 Å². The van der Waals surface area contributed by atoms with Gasteiger partial charge in [-0.25, -0.2) is 14.6 Å². The largest absolute Gasteiger partial charge is 0.462 e. The van der Waals surface area contributed by atoms with Crippen molar-refractivity contribution in [1.29, 1.82) is 0 Å². The fraction of sp³-hybridized carbons (Fsp3) is 0.400. The van der Waals surface area contributed by atoms with Gasteiger partial charge in [-0.1, -0.05) is 0 Å². The molecule has 0 fully saturated rings. The SMILES string of the molecule is CCOC(=O)c1sc2ncn(CC(=O)NC(=O)NCC(F)(F)F)c(=O)c2c1C. The summed E-state index contributed by atoms with van der Waals surface area (Å²) in [5.41, 5.74) is -0.297. The molecule has 0 bridgehead atoms. The number of thiophene rings is 1. The predicted molar refractivity (Wildman–Crippen MR) is 92.2 cm³/mol. The molecule has 0 radical (unpaired) electrons. The summed E-state index contributed by atoms with van der Waals surface area (Å²) in [5, 5.41) is 3.27. The predicted octanol–water partition coefficient (Wildman–Crippen LogP) is 1.33. The molecule has 152 valence electrons. The molecule has 0 aliphatic carbocycles. The first-order valence-electron chi connectivity index (χ1n) is 7.83. The Morgan fingerprint density at radius 3 is 2.61 bits per heavy atom. The van der Waals surface area contributed by atoms with E-state index in [0.29, 0.717) is 5.56 Å². The molecule has 0 aromatic carbocycles. The van der Waals surface area contributed by atoms with Gasteiger partial charge in [-0.15, -0.1) is 11.3 Å². The van der Waals surface area contributed by atoms with Crippen molar-refractivity contribution in [3.05, 3.63) is 27.1 Å². The van der Waals surface area contributed by atoms with Crippen molar-refractivity contribution in [3.63, 3.8) is 0 Å². The van der Waals surface area contributed by atoms with Gasteiger partial charge in [0.25, 0.3) is 5.56 Å². The number of imide groups is 1. The summed E-state index contributed by atoms with van der Waals surface area (Å²) in [6, 6.07) is -1.35. The molecule has 2 N–H and O–H groups in total. The second kappa shape index (κ2) is 8.37. The minimum atomic E-state index is -4.63. The van der Waals surface area contributed by atoms with Crippen LogP contribution in [0.3, 0.4) is 0 Å². The number of carbonyl (C=O) groups excluding carboxylic acids is 3. The Labute approximate surface area is 159 Å². The van der Waals surface area contributed by atoms with Gasteiger partial charge in [0.2, 0.25) is 5.91 Å². The number of nitrogens with one attached hydrogen (secondary N) is 2. The molecule has 0 aliphatic rings. The molecule has 0 atom stereocenters. The van der Waals surface area contributed by atoms with Crippen LogP contribution in [-0.4, -0.2) is 46.8 Å². The number of ether oxygens (including phenoxy) is 1. The fourth-order valence-electron chi connectivity index (χ4n) is 2.21. The third-order valence-corrected chi connectivity index (χ3v) is 4.57. The van der Waals surface area contributed by atoms with Gasteiger partial charge in [0.15, 0.2) is 0 Å². The highest BCUT2D eigenvalue weighted by molar-refractivity contribution is 7.20. The van der Waals surface area contributed by atoms with Gasteiger partial charge in [0.1, 0.15) is 22.8 Å². The van der Waals surface area contributed by atoms with E-state index in [9.17, 15) is 32.3 Å². The summed E-state index contributed by atoms with van der Waals surface area (Å²) in [6.45, 7) is 1.06. The maximum absolute atomic E-state index is 12.6. The molecular formula is C15H15F3N4O5S. The van der Waals surface area contributed by atoms with Crippen LogP contribution in [0.25, 0.3) is 10.2 Å². The lowest BCUT2D eigenvalue weighted by Crippen LogP contribution is -2.45. The Kier molecular flexibility index (Phi) is 6.38. The van der Waals surface area contributed by atoms with Crippen LogP contribution in [0.2, 0.25) is 0 Å². The van der Waals surface area contributed by atoms with E-state index >= 15 is 0 Å². The maximum Gasteiger partial charge on any atom is 0.405 e. The van der Waals surface area contributed by atoms with Crippen molar-refractivity contribution in [1.82, 2.24) is 20.2 Å². The number of carbonyl (C=O) groups is 3. The highest BCUT2D eigenvalue weighted by Gasteiger charge is 2.28. The van der Waals surface area contributed by atoms with Gasteiger partial charge in [0.05, 0.1) is 18.3 Å². The monoisotopic (exact) mass is 420 g/mol. The minimum absolute atomic E-state index is 0.116. The Hall–Kier alpha value is -2.96. The number of hydrogen-bond acceptors (Lipinski definition) is 7. The third kappa shape index (κ3) is 5.06. The molecule has 0 saturated heterocycles. The van der Waals surface area contributed by atoms with Crippen molar-refractivity contribution in [3.8, 4) is 0 Å². The number of alkyl halides is 3. The Morgan fingerprint density at radius 2 is 2.00 bits per heavy atom. The highest BCUT2D eigenvalue weighted by atomic mass is 32.1. The summed E-state index contributed by atoms with van der Waals surface area (Å²) in [6.07, 6.45) is -3.58. The molecular weight excluding hydrogens is 405 g/mol. The van der Waals surface area contributed by atoms with Gasteiger partial charge in [-0.3, -0.25) is 19.5 Å². The number of esters is 1. The van der Waals surface area contributed by atoms with Crippen LogP contribution < -0.4 is 16.2 Å². The normalized spacial score (nSPS) is 11.3. The number of fused-ring (bicyclic) bond motifs is 1. The Bertz CT molecular complexity index is 982. The molecule has 0 unspecified atom stereocenters. The zero-order chi connectivity index (χ0) is 21.1. The van der Waals surface area contributed by atoms with Crippen LogP contribution in [-0.2, 0) is 16.1 Å². The number of halogens is 3. The molecule has 0 spiro atoms. The van der Waals surface area contributed by atoms with Gasteiger partial charge in [-0.2, -0.15) is 13.2 Å². The third-order valence-electron chi connectivity index (χ3n) is 3.39. The molecule has 0 aliphatic heterocycles. The molecule has 28 heavy (non-hydrogen) atoms. The first-order valence-corrected chi connectivity index (χ1v) is 8.65. The number of aromatic nitrogens is 2. The lowest BCUT2D eigenvalue weighted by molar-refractivity contribution is -0.124. The average Bonchev–Trinajstić information content (AvgIpc) is 2.93. The van der Waals surface area contributed by atoms with Crippen molar-refractivity contribution in [2.24, 2.45) is 0 Å². The summed E-state index contributed by atoms with van der Waals surface area (Å²) in [5.74, 6) is -1.62. The van der Waals surface area contributed by atoms with Crippen molar-refractivity contribution >= 4 is 39.5 Å². The second-order valence-electron chi connectivity index (χ2n) is 5.48. The van der Waals surface area contributed by atoms with Crippen LogP contribution in [0, 0.1) is 6.92 Å². The van der Waals surface area contributed by atoms with Crippen LogP contribution in [0.15, 0.2) is 11.1 Å². The van der Waals surface area contributed by atoms with E-state index in [0.717, 1.165) is 22.2 Å². The number of nitrogens with zero attached hydrogens (tertiary/aromatic N) is 2. The zero-order valence-electron chi connectivity index (χ0n) is 14.7. The molecule has 2 rings (SSSR count). The molecule has 13 heteroatoms. The number of amides is 3. The lowest BCUT2D eigenvalue weighted by Gasteiger charge is -2.09. The van der Waals surface area contributed by atoms with Crippen molar-refractivity contribution < 1.29 is 32.3 Å². The van der Waals surface area contributed by atoms with Crippen LogP contribution in [0.1, 0.15) is 22.2 Å². The van der Waals surface area contributed by atoms with Crippen LogP contribution in [0.5, 0.6) is 0 Å². The number of aryl methyl sites for hydroxylation is 1. The molecule has 2 heterocycles. The summed E-state index contributed by atoms with van der Waals surface area (Å²) in [7, 11) is 0. The van der Waals surface area contributed by atoms with Gasteiger partial charge in [-0.05, 0) is 19.4 Å². The second-order valence-corrected chi connectivity index (χ2v) is 6.48. The summed E-state index contributed by atoms with van der Waals surface area (Å²) in [4.78, 5) is 52.1. The average molecular weight is 420 g/mol. The van der Waals surface area contributed by atoms with E-state index in [1.54, 1.807) is 12.2 Å². The first kappa shape index (κ1) is 21.3. The van der Waals surface area contributed by atoms with E-state index < -0.39 is 42.7 Å². The van der Waals surface area contributed by atoms with E-state index in [4.69, 9.17) is 4.74 Å². The van der Waals surface area contributed by atoms with Crippen molar-refractivity contribution in [2.75, 3.05) is 13.2 Å². The fourth-order valence-corrected chi connectivity index (χ4v) is 3.24. The minimum Gasteiger partial charge on any atom is -0.462 e. The van der Waals surface area contributed by atoms with E-state index in [-0.39, 0.29) is 21.7 Å². The molecule has 2 aromatic rings. The smallest absolute Gasteiger partial charge is 0.405 e. The highest BCUT2D eigenvalue weighted by Crippen LogP contribution is 2.27. The lowest BCUT2D eigenvalue weighted by atomic mass is 10.2. The summed E-state index contributed by atoms with van der Waals surface area (Å²) >= 11 is 0.963. The number of hydrogen-bond donors (Lipinski definition) is 2. The molecule has 3 amide bonds.